The maximum Gasteiger partial charge on any atom is 0.185 e. The van der Waals surface area contributed by atoms with Gasteiger partial charge in [-0.2, -0.15) is 5.26 Å². The van der Waals surface area contributed by atoms with Gasteiger partial charge in [0.15, 0.2) is 12.0 Å². The summed E-state index contributed by atoms with van der Waals surface area (Å²) in [7, 11) is 2.18. The van der Waals surface area contributed by atoms with Crippen molar-refractivity contribution in [2.24, 2.45) is 0 Å². The molecule has 3 aliphatic rings. The topological polar surface area (TPSA) is 58.9 Å². The molecule has 3 aliphatic heterocycles. The molecule has 0 aromatic carbocycles. The van der Waals surface area contributed by atoms with Crippen LogP contribution in [0.1, 0.15) is 12.5 Å². The van der Waals surface area contributed by atoms with E-state index >= 15 is 0 Å². The average Bonchev–Trinajstić information content (AvgIpc) is 2.68. The number of morpholine rings is 1. The maximum atomic E-state index is 9.38. The number of hydrogen-bond acceptors (Lipinski definition) is 7. The zero-order chi connectivity index (χ0) is 18.8. The van der Waals surface area contributed by atoms with Crippen LogP contribution in [-0.2, 0) is 4.74 Å². The summed E-state index contributed by atoms with van der Waals surface area (Å²) in [6.45, 7) is 9.92. The number of piperazine rings is 1. The van der Waals surface area contributed by atoms with Gasteiger partial charge < -0.3 is 14.5 Å². The van der Waals surface area contributed by atoms with E-state index in [2.05, 4.69) is 52.0 Å². The molecule has 0 unspecified atom stereocenters. The van der Waals surface area contributed by atoms with Crippen molar-refractivity contribution in [3.8, 4) is 6.19 Å². The second-order valence-corrected chi connectivity index (χ2v) is 7.75. The Morgan fingerprint density at radius 1 is 1.26 bits per heavy atom. The standard InChI is InChI=1S/C20H28N6O/c1-16-12-26(14-17(27-16)13-24-10-8-23(2)9-11-24)19-5-7-25(15-21)20-18(19)4-3-6-22-20/h3-6,16-17H,7-14H2,1-2H3/t16-,17+/m1/s1. The quantitative estimate of drug-likeness (QED) is 0.740. The molecule has 0 amide bonds. The predicted octanol–water partition coefficient (Wildman–Crippen LogP) is 1.06. The minimum Gasteiger partial charge on any atom is -0.370 e. The smallest absolute Gasteiger partial charge is 0.185 e. The number of nitriles is 1. The van der Waals surface area contributed by atoms with Gasteiger partial charge in [-0.1, -0.05) is 0 Å². The summed E-state index contributed by atoms with van der Waals surface area (Å²) >= 11 is 0. The molecule has 27 heavy (non-hydrogen) atoms. The second kappa shape index (κ2) is 7.85. The summed E-state index contributed by atoms with van der Waals surface area (Å²) < 4.78 is 6.26. The molecule has 0 radical (unpaired) electrons. The molecule has 0 spiro atoms. The second-order valence-electron chi connectivity index (χ2n) is 7.75. The van der Waals surface area contributed by atoms with Crippen molar-refractivity contribution in [3.05, 3.63) is 30.0 Å². The highest BCUT2D eigenvalue weighted by Gasteiger charge is 2.31. The third kappa shape index (κ3) is 3.93. The zero-order valence-corrected chi connectivity index (χ0v) is 16.2. The number of rotatable bonds is 3. The maximum absolute atomic E-state index is 9.38. The molecule has 0 N–H and O–H groups in total. The third-order valence-corrected chi connectivity index (χ3v) is 5.63. The van der Waals surface area contributed by atoms with Crippen LogP contribution in [0, 0.1) is 11.5 Å². The van der Waals surface area contributed by atoms with Crippen molar-refractivity contribution < 1.29 is 4.74 Å². The summed E-state index contributed by atoms with van der Waals surface area (Å²) in [6.07, 6.45) is 6.52. The lowest BCUT2D eigenvalue weighted by atomic mass is 10.1. The number of aromatic nitrogens is 1. The van der Waals surface area contributed by atoms with Crippen molar-refractivity contribution in [3.63, 3.8) is 0 Å². The number of fused-ring (bicyclic) bond motifs is 1. The van der Waals surface area contributed by atoms with E-state index in [4.69, 9.17) is 4.74 Å². The van der Waals surface area contributed by atoms with Gasteiger partial charge in [-0.15, -0.1) is 0 Å². The number of likely N-dealkylation sites (N-methyl/N-ethyl adjacent to an activating group) is 1. The number of anilines is 1. The lowest BCUT2D eigenvalue weighted by molar-refractivity contribution is -0.0754. The summed E-state index contributed by atoms with van der Waals surface area (Å²) in [4.78, 5) is 13.4. The lowest BCUT2D eigenvalue weighted by Gasteiger charge is -2.43. The van der Waals surface area contributed by atoms with Gasteiger partial charge in [0.1, 0.15) is 0 Å². The van der Waals surface area contributed by atoms with E-state index in [0.29, 0.717) is 6.54 Å². The third-order valence-electron chi connectivity index (χ3n) is 5.63. The van der Waals surface area contributed by atoms with Crippen LogP contribution in [0.2, 0.25) is 0 Å². The molecule has 2 fully saturated rings. The van der Waals surface area contributed by atoms with Gasteiger partial charge in [-0.3, -0.25) is 9.80 Å². The van der Waals surface area contributed by atoms with Gasteiger partial charge in [0.25, 0.3) is 0 Å². The summed E-state index contributed by atoms with van der Waals surface area (Å²) in [5.74, 6) is 0.757. The Bertz CT molecular complexity index is 736. The Balaban J connectivity index is 1.49. The fourth-order valence-electron chi connectivity index (χ4n) is 4.23. The first-order valence-electron chi connectivity index (χ1n) is 9.78. The molecule has 2 atom stereocenters. The van der Waals surface area contributed by atoms with Crippen LogP contribution >= 0.6 is 0 Å². The molecule has 7 nitrogen and oxygen atoms in total. The molecule has 1 aromatic rings. The molecule has 4 heterocycles. The molecule has 0 bridgehead atoms. The van der Waals surface area contributed by atoms with E-state index < -0.39 is 0 Å². The number of ether oxygens (including phenoxy) is 1. The first-order valence-corrected chi connectivity index (χ1v) is 9.78. The molecule has 144 valence electrons. The highest BCUT2D eigenvalue weighted by molar-refractivity contribution is 5.78. The normalized spacial score (nSPS) is 27.1. The fraction of sp³-hybridized carbons (Fsp3) is 0.600. The first-order chi connectivity index (χ1) is 13.1. The molecule has 1 aromatic heterocycles. The van der Waals surface area contributed by atoms with E-state index in [1.807, 2.05) is 6.07 Å². The molecular formula is C20H28N6O. The molecule has 0 saturated carbocycles. The molecule has 7 heteroatoms. The van der Waals surface area contributed by atoms with E-state index in [-0.39, 0.29) is 12.2 Å². The Morgan fingerprint density at radius 3 is 2.85 bits per heavy atom. The monoisotopic (exact) mass is 368 g/mol. The van der Waals surface area contributed by atoms with Gasteiger partial charge in [-0.25, -0.2) is 4.98 Å². The van der Waals surface area contributed by atoms with Crippen LogP contribution in [0.5, 0.6) is 0 Å². The molecule has 4 rings (SSSR count). The fourth-order valence-corrected chi connectivity index (χ4v) is 4.23. The summed E-state index contributed by atoms with van der Waals surface area (Å²) in [6, 6.07) is 4.01. The van der Waals surface area contributed by atoms with Crippen LogP contribution in [0.3, 0.4) is 0 Å². The van der Waals surface area contributed by atoms with Crippen LogP contribution in [0.15, 0.2) is 24.4 Å². The first kappa shape index (κ1) is 18.2. The van der Waals surface area contributed by atoms with Gasteiger partial charge in [0.05, 0.1) is 18.8 Å². The summed E-state index contributed by atoms with van der Waals surface area (Å²) in [5, 5.41) is 9.38. The molecular weight excluding hydrogens is 340 g/mol. The van der Waals surface area contributed by atoms with Crippen molar-refractivity contribution in [2.45, 2.75) is 19.1 Å². The van der Waals surface area contributed by atoms with Crippen LogP contribution < -0.4 is 4.90 Å². The predicted molar refractivity (Wildman–Crippen MR) is 105 cm³/mol. The number of hydrogen-bond donors (Lipinski definition) is 0. The minimum atomic E-state index is 0.186. The number of pyridine rings is 1. The Hall–Kier alpha value is -2.14. The zero-order valence-electron chi connectivity index (χ0n) is 16.2. The lowest BCUT2D eigenvalue weighted by Crippen LogP contribution is -2.53. The van der Waals surface area contributed by atoms with Gasteiger partial charge in [0.2, 0.25) is 0 Å². The van der Waals surface area contributed by atoms with E-state index in [0.717, 1.165) is 57.2 Å². The van der Waals surface area contributed by atoms with Crippen LogP contribution in [-0.4, -0.2) is 91.3 Å². The Labute approximate surface area is 161 Å². The molecule has 0 aliphatic carbocycles. The van der Waals surface area contributed by atoms with Crippen molar-refractivity contribution in [1.29, 1.82) is 5.26 Å². The van der Waals surface area contributed by atoms with Gasteiger partial charge >= 0.3 is 0 Å². The average molecular weight is 368 g/mol. The van der Waals surface area contributed by atoms with Gasteiger partial charge in [-0.05, 0) is 32.2 Å². The number of nitrogens with zero attached hydrogens (tertiary/aromatic N) is 6. The summed E-state index contributed by atoms with van der Waals surface area (Å²) in [5.41, 5.74) is 2.22. The Morgan fingerprint density at radius 2 is 2.07 bits per heavy atom. The van der Waals surface area contributed by atoms with Gasteiger partial charge in [0, 0.05) is 63.3 Å². The van der Waals surface area contributed by atoms with E-state index in [1.54, 1.807) is 11.1 Å². The van der Waals surface area contributed by atoms with Crippen molar-refractivity contribution in [1.82, 2.24) is 19.7 Å². The van der Waals surface area contributed by atoms with E-state index in [1.165, 1.54) is 5.70 Å². The van der Waals surface area contributed by atoms with Crippen molar-refractivity contribution >= 4 is 11.5 Å². The SMILES string of the molecule is C[C@@H]1CN(C2=CCN(C#N)c3ncccc32)C[C@H](CN2CCN(C)CC2)O1. The minimum absolute atomic E-state index is 0.186. The highest BCUT2D eigenvalue weighted by atomic mass is 16.5. The Kier molecular flexibility index (Phi) is 5.30. The largest absolute Gasteiger partial charge is 0.370 e. The van der Waals surface area contributed by atoms with Crippen LogP contribution in [0.25, 0.3) is 5.70 Å². The van der Waals surface area contributed by atoms with E-state index in [9.17, 15) is 5.26 Å². The van der Waals surface area contributed by atoms with Crippen LogP contribution in [0.4, 0.5) is 5.82 Å². The highest BCUT2D eigenvalue weighted by Crippen LogP contribution is 2.33. The van der Waals surface area contributed by atoms with Crippen molar-refractivity contribution in [2.75, 3.05) is 64.3 Å². The molecule has 2 saturated heterocycles.